The van der Waals surface area contributed by atoms with Gasteiger partial charge in [0.25, 0.3) is 5.91 Å². The van der Waals surface area contributed by atoms with E-state index in [1.165, 1.54) is 0 Å². The molecule has 1 amide bonds. The largest absolute Gasteiger partial charge is 0.493 e. The number of ether oxygens (including phenoxy) is 2. The molecule has 3 atom stereocenters. The zero-order chi connectivity index (χ0) is 22.4. The Morgan fingerprint density at radius 3 is 2.53 bits per heavy atom. The van der Waals surface area contributed by atoms with Crippen molar-refractivity contribution >= 4 is 5.91 Å². The molecule has 0 saturated heterocycles. The van der Waals surface area contributed by atoms with Crippen LogP contribution in [0.25, 0.3) is 0 Å². The number of carbonyl (C=O) groups excluding carboxylic acids is 1. The predicted molar refractivity (Wildman–Crippen MR) is 121 cm³/mol. The Hall–Kier alpha value is -1.67. The molecule has 0 aromatic heterocycles. The fraction of sp³-hybridized carbons (Fsp3) is 0.696. The number of nitrogens with one attached hydrogen (secondary N) is 2. The van der Waals surface area contributed by atoms with Crippen LogP contribution in [-0.4, -0.2) is 63.1 Å². The summed E-state index contributed by atoms with van der Waals surface area (Å²) in [6.07, 6.45) is 1.82. The summed E-state index contributed by atoms with van der Waals surface area (Å²) in [7, 11) is 1.68. The Morgan fingerprint density at radius 2 is 1.87 bits per heavy atom. The minimum atomic E-state index is -0.603. The third-order valence-corrected chi connectivity index (χ3v) is 5.27. The van der Waals surface area contributed by atoms with E-state index in [4.69, 9.17) is 15.2 Å². The van der Waals surface area contributed by atoms with Gasteiger partial charge in [0.2, 0.25) is 0 Å². The van der Waals surface area contributed by atoms with Crippen LogP contribution in [0.2, 0.25) is 0 Å². The summed E-state index contributed by atoms with van der Waals surface area (Å²) in [5.74, 6) is 0.929. The number of benzene rings is 1. The fourth-order valence-corrected chi connectivity index (χ4v) is 3.17. The molecule has 3 unspecified atom stereocenters. The summed E-state index contributed by atoms with van der Waals surface area (Å²) in [5, 5.41) is 16.4. The van der Waals surface area contributed by atoms with Gasteiger partial charge >= 0.3 is 0 Å². The van der Waals surface area contributed by atoms with E-state index in [1.54, 1.807) is 13.2 Å². The first-order valence-electron chi connectivity index (χ1n) is 11.0. The maximum Gasteiger partial charge on any atom is 0.255 e. The maximum atomic E-state index is 12.8. The van der Waals surface area contributed by atoms with E-state index in [-0.39, 0.29) is 17.9 Å². The molecule has 0 radical (unpaired) electrons. The number of rotatable bonds is 16. The standard InChI is InChI=1S/C23H41N3O4/c1-5-25-16-21(27)20(24)14-18(17(2)3)15-26-23(28)19-10-6-7-11-22(19)30-13-9-8-12-29-4/h6-7,10-11,17-18,20-21,25,27H,5,8-9,12-16,24H2,1-4H3,(H,26,28). The van der Waals surface area contributed by atoms with Crippen molar-refractivity contribution in [1.29, 1.82) is 0 Å². The van der Waals surface area contributed by atoms with Gasteiger partial charge in [-0.05, 0) is 49.8 Å². The minimum absolute atomic E-state index is 0.157. The molecular weight excluding hydrogens is 382 g/mol. The topological polar surface area (TPSA) is 106 Å². The van der Waals surface area contributed by atoms with Gasteiger partial charge in [0.05, 0.1) is 18.3 Å². The second kappa shape index (κ2) is 15.2. The molecule has 0 aliphatic rings. The zero-order valence-electron chi connectivity index (χ0n) is 19.0. The lowest BCUT2D eigenvalue weighted by atomic mass is 9.87. The lowest BCUT2D eigenvalue weighted by molar-refractivity contribution is 0.0927. The molecule has 0 aliphatic carbocycles. The van der Waals surface area contributed by atoms with Gasteiger partial charge in [-0.15, -0.1) is 0 Å². The summed E-state index contributed by atoms with van der Waals surface area (Å²) in [5.41, 5.74) is 6.73. The Balaban J connectivity index is 2.61. The Bertz CT molecular complexity index is 598. The Kier molecular flexibility index (Phi) is 13.3. The fourth-order valence-electron chi connectivity index (χ4n) is 3.17. The van der Waals surface area contributed by atoms with Crippen LogP contribution in [0.4, 0.5) is 0 Å². The highest BCUT2D eigenvalue weighted by atomic mass is 16.5. The van der Waals surface area contributed by atoms with Crippen molar-refractivity contribution in [3.63, 3.8) is 0 Å². The van der Waals surface area contributed by atoms with Crippen molar-refractivity contribution in [2.45, 2.75) is 52.2 Å². The number of hydrogen-bond donors (Lipinski definition) is 4. The molecule has 1 rings (SSSR count). The summed E-state index contributed by atoms with van der Waals surface area (Å²) >= 11 is 0. The van der Waals surface area contributed by atoms with Gasteiger partial charge in [-0.1, -0.05) is 32.9 Å². The van der Waals surface area contributed by atoms with E-state index in [0.29, 0.717) is 50.0 Å². The highest BCUT2D eigenvalue weighted by molar-refractivity contribution is 5.96. The first-order chi connectivity index (χ1) is 14.4. The number of likely N-dealkylation sites (N-methyl/N-ethyl adjacent to an activating group) is 1. The van der Waals surface area contributed by atoms with Gasteiger partial charge in [-0.2, -0.15) is 0 Å². The van der Waals surface area contributed by atoms with Crippen LogP contribution in [0.15, 0.2) is 24.3 Å². The van der Waals surface area contributed by atoms with Crippen molar-refractivity contribution in [2.75, 3.05) is 40.0 Å². The van der Waals surface area contributed by atoms with Gasteiger partial charge in [0, 0.05) is 32.8 Å². The Morgan fingerprint density at radius 1 is 1.17 bits per heavy atom. The lowest BCUT2D eigenvalue weighted by Gasteiger charge is -2.27. The van der Waals surface area contributed by atoms with E-state index in [0.717, 1.165) is 19.4 Å². The molecule has 0 aliphatic heterocycles. The number of nitrogens with two attached hydrogens (primary N) is 1. The number of aliphatic hydroxyl groups excluding tert-OH is 1. The first-order valence-corrected chi connectivity index (χ1v) is 11.0. The van der Waals surface area contributed by atoms with E-state index >= 15 is 0 Å². The molecule has 172 valence electrons. The van der Waals surface area contributed by atoms with Crippen molar-refractivity contribution in [3.05, 3.63) is 29.8 Å². The lowest BCUT2D eigenvalue weighted by Crippen LogP contribution is -2.44. The number of hydrogen-bond acceptors (Lipinski definition) is 6. The zero-order valence-corrected chi connectivity index (χ0v) is 19.0. The summed E-state index contributed by atoms with van der Waals surface area (Å²) < 4.78 is 10.9. The molecule has 30 heavy (non-hydrogen) atoms. The molecule has 0 spiro atoms. The van der Waals surface area contributed by atoms with Crippen molar-refractivity contribution in [3.8, 4) is 5.75 Å². The molecule has 0 bridgehead atoms. The molecule has 1 aromatic carbocycles. The molecule has 0 fully saturated rings. The smallest absolute Gasteiger partial charge is 0.255 e. The normalized spacial score (nSPS) is 14.4. The van der Waals surface area contributed by atoms with Crippen LogP contribution >= 0.6 is 0 Å². The monoisotopic (exact) mass is 423 g/mol. The quantitative estimate of drug-likeness (QED) is 0.304. The van der Waals surface area contributed by atoms with Gasteiger partial charge in [0.15, 0.2) is 0 Å². The van der Waals surface area contributed by atoms with Crippen LogP contribution < -0.4 is 21.1 Å². The summed E-state index contributed by atoms with van der Waals surface area (Å²) in [6, 6.07) is 6.95. The third kappa shape index (κ3) is 9.89. The van der Waals surface area contributed by atoms with Gasteiger partial charge in [-0.3, -0.25) is 4.79 Å². The number of amides is 1. The average molecular weight is 424 g/mol. The maximum absolute atomic E-state index is 12.8. The van der Waals surface area contributed by atoms with Gasteiger partial charge in [0.1, 0.15) is 5.75 Å². The van der Waals surface area contributed by atoms with Crippen LogP contribution in [0.1, 0.15) is 50.4 Å². The van der Waals surface area contributed by atoms with Crippen LogP contribution in [0, 0.1) is 11.8 Å². The van der Waals surface area contributed by atoms with Gasteiger partial charge in [-0.25, -0.2) is 0 Å². The number of carbonyl (C=O) groups is 1. The molecular formula is C23H41N3O4. The van der Waals surface area contributed by atoms with Gasteiger partial charge < -0.3 is 30.9 Å². The highest BCUT2D eigenvalue weighted by Crippen LogP contribution is 2.20. The number of methoxy groups -OCH3 is 1. The minimum Gasteiger partial charge on any atom is -0.493 e. The molecule has 7 heteroatoms. The van der Waals surface area contributed by atoms with Crippen LogP contribution in [0.5, 0.6) is 5.75 Å². The number of para-hydroxylation sites is 1. The van der Waals surface area contributed by atoms with Crippen LogP contribution in [-0.2, 0) is 4.74 Å². The second-order valence-electron chi connectivity index (χ2n) is 8.03. The second-order valence-corrected chi connectivity index (χ2v) is 8.03. The van der Waals surface area contributed by atoms with E-state index in [1.807, 2.05) is 25.1 Å². The average Bonchev–Trinajstić information content (AvgIpc) is 2.74. The van der Waals surface area contributed by atoms with E-state index < -0.39 is 6.10 Å². The highest BCUT2D eigenvalue weighted by Gasteiger charge is 2.23. The number of aliphatic hydroxyl groups is 1. The van der Waals surface area contributed by atoms with Crippen molar-refractivity contribution in [2.24, 2.45) is 17.6 Å². The molecule has 7 nitrogen and oxygen atoms in total. The van der Waals surface area contributed by atoms with Crippen molar-refractivity contribution in [1.82, 2.24) is 10.6 Å². The van der Waals surface area contributed by atoms with E-state index in [2.05, 4.69) is 24.5 Å². The van der Waals surface area contributed by atoms with E-state index in [9.17, 15) is 9.90 Å². The molecule has 0 heterocycles. The predicted octanol–water partition coefficient (Wildman–Crippen LogP) is 2.18. The molecule has 0 saturated carbocycles. The molecule has 5 N–H and O–H groups in total. The third-order valence-electron chi connectivity index (χ3n) is 5.27. The van der Waals surface area contributed by atoms with Crippen molar-refractivity contribution < 1.29 is 19.4 Å². The summed E-state index contributed by atoms with van der Waals surface area (Å²) in [4.78, 5) is 12.8. The Labute approximate surface area is 181 Å². The summed E-state index contributed by atoms with van der Waals surface area (Å²) in [6.45, 7) is 9.22. The molecule has 1 aromatic rings. The number of unbranched alkanes of at least 4 members (excludes halogenated alkanes) is 1. The first kappa shape index (κ1) is 26.4. The SMILES string of the molecule is CCNCC(O)C(N)CC(CNC(=O)c1ccccc1OCCCCOC)C(C)C. The van der Waals surface area contributed by atoms with Crippen LogP contribution in [0.3, 0.4) is 0 Å².